The number of aryl methyl sites for hydroxylation is 2. The van der Waals surface area contributed by atoms with Crippen molar-refractivity contribution in [3.63, 3.8) is 0 Å². The van der Waals surface area contributed by atoms with E-state index >= 15 is 0 Å². The number of hydrogen-bond donors (Lipinski definition) is 3. The standard InChI is InChI=1S/C17H19N7O2/c1-10-13(11(2)24-17(20-10)22-16(18)23-24)8-14(25)19-9-15(26)21-12-6-4-3-5-7-12/h3-7H,8-9H2,1-2H3,(H2,18,23)(H,19,25)(H,21,26). The van der Waals surface area contributed by atoms with Crippen molar-refractivity contribution in [2.45, 2.75) is 20.3 Å². The Labute approximate surface area is 149 Å². The van der Waals surface area contributed by atoms with Gasteiger partial charge in [-0.1, -0.05) is 18.2 Å². The van der Waals surface area contributed by atoms with Gasteiger partial charge < -0.3 is 16.4 Å². The highest BCUT2D eigenvalue weighted by atomic mass is 16.2. The first-order valence-corrected chi connectivity index (χ1v) is 8.04. The number of amides is 2. The number of hydrogen-bond acceptors (Lipinski definition) is 6. The number of para-hydroxylation sites is 1. The summed E-state index contributed by atoms with van der Waals surface area (Å²) in [4.78, 5) is 32.5. The zero-order chi connectivity index (χ0) is 18.7. The third-order valence-corrected chi connectivity index (χ3v) is 3.91. The van der Waals surface area contributed by atoms with Crippen molar-refractivity contribution >= 4 is 29.2 Å². The van der Waals surface area contributed by atoms with E-state index in [0.717, 1.165) is 11.3 Å². The number of nitrogens with zero attached hydrogens (tertiary/aromatic N) is 4. The summed E-state index contributed by atoms with van der Waals surface area (Å²) in [5.74, 6) is -0.0626. The highest BCUT2D eigenvalue weighted by Crippen LogP contribution is 2.14. The van der Waals surface area contributed by atoms with Gasteiger partial charge in [-0.05, 0) is 26.0 Å². The van der Waals surface area contributed by atoms with Gasteiger partial charge in [0.05, 0.1) is 13.0 Å². The quantitative estimate of drug-likeness (QED) is 0.617. The normalized spacial score (nSPS) is 10.7. The second-order valence-corrected chi connectivity index (χ2v) is 5.81. The average Bonchev–Trinajstić information content (AvgIpc) is 2.98. The van der Waals surface area contributed by atoms with E-state index in [2.05, 4.69) is 25.7 Å². The zero-order valence-electron chi connectivity index (χ0n) is 14.5. The molecular weight excluding hydrogens is 334 g/mol. The van der Waals surface area contributed by atoms with Crippen LogP contribution in [0.3, 0.4) is 0 Å². The van der Waals surface area contributed by atoms with Crippen molar-refractivity contribution in [1.82, 2.24) is 24.9 Å². The number of benzene rings is 1. The van der Waals surface area contributed by atoms with Gasteiger partial charge in [-0.15, -0.1) is 5.10 Å². The number of anilines is 2. The maximum Gasteiger partial charge on any atom is 0.254 e. The fourth-order valence-electron chi connectivity index (χ4n) is 2.61. The molecule has 0 saturated heterocycles. The molecule has 0 saturated carbocycles. The minimum absolute atomic E-state index is 0.0823. The highest BCUT2D eigenvalue weighted by molar-refractivity contribution is 5.94. The lowest BCUT2D eigenvalue weighted by Gasteiger charge is -2.11. The van der Waals surface area contributed by atoms with Crippen LogP contribution in [-0.2, 0) is 16.0 Å². The van der Waals surface area contributed by atoms with Crippen LogP contribution in [0.5, 0.6) is 0 Å². The molecule has 0 spiro atoms. The van der Waals surface area contributed by atoms with Gasteiger partial charge in [-0.25, -0.2) is 4.98 Å². The Bertz CT molecular complexity index is 966. The molecular formula is C17H19N7O2. The lowest BCUT2D eigenvalue weighted by atomic mass is 10.1. The van der Waals surface area contributed by atoms with E-state index in [4.69, 9.17) is 5.73 Å². The molecule has 134 valence electrons. The topological polar surface area (TPSA) is 127 Å². The summed E-state index contributed by atoms with van der Waals surface area (Å²) in [6.45, 7) is 3.50. The molecule has 0 radical (unpaired) electrons. The number of aromatic nitrogens is 4. The van der Waals surface area contributed by atoms with Crippen LogP contribution in [0.15, 0.2) is 30.3 Å². The second kappa shape index (κ2) is 7.18. The summed E-state index contributed by atoms with van der Waals surface area (Å²) in [5, 5.41) is 9.39. The van der Waals surface area contributed by atoms with Crippen LogP contribution < -0.4 is 16.4 Å². The first-order chi connectivity index (χ1) is 12.4. The minimum Gasteiger partial charge on any atom is -0.366 e. The van der Waals surface area contributed by atoms with Crippen molar-refractivity contribution in [3.8, 4) is 0 Å². The Kier molecular flexibility index (Phi) is 4.78. The number of nitrogen functional groups attached to an aromatic ring is 1. The molecule has 26 heavy (non-hydrogen) atoms. The number of carbonyl (C=O) groups excluding carboxylic acids is 2. The molecule has 0 fully saturated rings. The molecule has 9 nitrogen and oxygen atoms in total. The van der Waals surface area contributed by atoms with Crippen molar-refractivity contribution in [1.29, 1.82) is 0 Å². The molecule has 9 heteroatoms. The predicted molar refractivity (Wildman–Crippen MR) is 96.5 cm³/mol. The first-order valence-electron chi connectivity index (χ1n) is 8.04. The minimum atomic E-state index is -0.296. The van der Waals surface area contributed by atoms with Gasteiger partial charge in [-0.2, -0.15) is 9.50 Å². The number of nitrogens with one attached hydrogen (secondary N) is 2. The second-order valence-electron chi connectivity index (χ2n) is 5.81. The molecule has 0 bridgehead atoms. The highest BCUT2D eigenvalue weighted by Gasteiger charge is 2.16. The van der Waals surface area contributed by atoms with Crippen LogP contribution in [0.25, 0.3) is 5.78 Å². The Hall–Kier alpha value is -3.49. The number of rotatable bonds is 5. The van der Waals surface area contributed by atoms with E-state index in [1.165, 1.54) is 4.52 Å². The number of fused-ring (bicyclic) bond motifs is 1. The van der Waals surface area contributed by atoms with Gasteiger partial charge in [0.2, 0.25) is 17.8 Å². The fourth-order valence-corrected chi connectivity index (χ4v) is 2.61. The molecule has 2 heterocycles. The van der Waals surface area contributed by atoms with Crippen LogP contribution in [-0.4, -0.2) is 37.9 Å². The molecule has 3 rings (SSSR count). The Balaban J connectivity index is 1.63. The van der Waals surface area contributed by atoms with Crippen LogP contribution in [0.1, 0.15) is 17.0 Å². The maximum atomic E-state index is 12.2. The van der Waals surface area contributed by atoms with Crippen molar-refractivity contribution in [3.05, 3.63) is 47.3 Å². The summed E-state index contributed by atoms with van der Waals surface area (Å²) < 4.78 is 1.51. The van der Waals surface area contributed by atoms with Gasteiger partial charge in [-0.3, -0.25) is 9.59 Å². The van der Waals surface area contributed by atoms with Gasteiger partial charge in [0, 0.05) is 22.6 Å². The number of carbonyl (C=O) groups is 2. The third kappa shape index (κ3) is 3.77. The fraction of sp³-hybridized carbons (Fsp3) is 0.235. The summed E-state index contributed by atoms with van der Waals surface area (Å²) in [5.41, 5.74) is 8.41. The zero-order valence-corrected chi connectivity index (χ0v) is 14.5. The summed E-state index contributed by atoms with van der Waals surface area (Å²) in [6, 6.07) is 9.05. The van der Waals surface area contributed by atoms with E-state index in [9.17, 15) is 9.59 Å². The van der Waals surface area contributed by atoms with Crippen molar-refractivity contribution < 1.29 is 9.59 Å². The van der Waals surface area contributed by atoms with Crippen LogP contribution in [0.2, 0.25) is 0 Å². The van der Waals surface area contributed by atoms with Crippen LogP contribution in [0.4, 0.5) is 11.6 Å². The van der Waals surface area contributed by atoms with Gasteiger partial charge >= 0.3 is 0 Å². The molecule has 0 aliphatic rings. The molecule has 0 atom stereocenters. The first kappa shape index (κ1) is 17.3. The summed E-state index contributed by atoms with van der Waals surface area (Å²) >= 11 is 0. The van der Waals surface area contributed by atoms with Crippen LogP contribution >= 0.6 is 0 Å². The Morgan fingerprint density at radius 2 is 1.85 bits per heavy atom. The lowest BCUT2D eigenvalue weighted by molar-refractivity contribution is -0.123. The van der Waals surface area contributed by atoms with Crippen LogP contribution in [0, 0.1) is 13.8 Å². The van der Waals surface area contributed by atoms with E-state index in [-0.39, 0.29) is 30.7 Å². The monoisotopic (exact) mass is 353 g/mol. The molecule has 2 aromatic heterocycles. The maximum absolute atomic E-state index is 12.2. The molecule has 1 aromatic carbocycles. The molecule has 4 N–H and O–H groups in total. The molecule has 0 aliphatic heterocycles. The largest absolute Gasteiger partial charge is 0.366 e. The number of nitrogens with two attached hydrogens (primary N) is 1. The molecule has 0 unspecified atom stereocenters. The van der Waals surface area contributed by atoms with E-state index in [1.807, 2.05) is 25.1 Å². The summed E-state index contributed by atoms with van der Waals surface area (Å²) in [7, 11) is 0. The smallest absolute Gasteiger partial charge is 0.254 e. The van der Waals surface area contributed by atoms with E-state index in [0.29, 0.717) is 17.2 Å². The van der Waals surface area contributed by atoms with Gasteiger partial charge in [0.15, 0.2) is 0 Å². The lowest BCUT2D eigenvalue weighted by Crippen LogP contribution is -2.34. The Morgan fingerprint density at radius 3 is 2.58 bits per heavy atom. The summed E-state index contributed by atoms with van der Waals surface area (Å²) in [6.07, 6.45) is 0.0823. The van der Waals surface area contributed by atoms with Gasteiger partial charge in [0.1, 0.15) is 0 Å². The SMILES string of the molecule is Cc1nc2nc(N)nn2c(C)c1CC(=O)NCC(=O)Nc1ccccc1. The average molecular weight is 353 g/mol. The molecule has 3 aromatic rings. The van der Waals surface area contributed by atoms with Crippen molar-refractivity contribution in [2.75, 3.05) is 17.6 Å². The Morgan fingerprint density at radius 1 is 1.12 bits per heavy atom. The van der Waals surface area contributed by atoms with Crippen molar-refractivity contribution in [2.24, 2.45) is 0 Å². The molecule has 2 amide bonds. The van der Waals surface area contributed by atoms with Gasteiger partial charge in [0.25, 0.3) is 5.78 Å². The van der Waals surface area contributed by atoms with E-state index < -0.39 is 0 Å². The molecule has 0 aliphatic carbocycles. The van der Waals surface area contributed by atoms with E-state index in [1.54, 1.807) is 19.1 Å². The predicted octanol–water partition coefficient (Wildman–Crippen LogP) is 0.621. The third-order valence-electron chi connectivity index (χ3n) is 3.91.